The Bertz CT molecular complexity index is 347. The van der Waals surface area contributed by atoms with Crippen LogP contribution in [0.2, 0.25) is 0 Å². The highest BCUT2D eigenvalue weighted by Crippen LogP contribution is 1.96. The quantitative estimate of drug-likeness (QED) is 0.480. The molecule has 0 saturated heterocycles. The predicted molar refractivity (Wildman–Crippen MR) is 82.9 cm³/mol. The molecule has 0 unspecified atom stereocenters. The van der Waals surface area contributed by atoms with Gasteiger partial charge in [-0.2, -0.15) is 0 Å². The van der Waals surface area contributed by atoms with Crippen molar-refractivity contribution in [1.29, 1.82) is 0 Å². The average Bonchev–Trinajstić information content (AvgIpc) is 2.37. The number of nitrogens with two attached hydrogens (primary N) is 2. The fraction of sp³-hybridized carbons (Fsp3) is 0.385. The second kappa shape index (κ2) is 13.8. The maximum Gasteiger partial charge on any atom is 0.314 e. The highest BCUT2D eigenvalue weighted by atomic mass is 16.2. The zero-order valence-corrected chi connectivity index (χ0v) is 10.1. The van der Waals surface area contributed by atoms with E-state index in [0.29, 0.717) is 6.54 Å². The summed E-state index contributed by atoms with van der Waals surface area (Å²) < 4.78 is 0. The summed E-state index contributed by atoms with van der Waals surface area (Å²) in [5, 5.41) is 5.18. The first kappa shape index (κ1) is 22.0. The number of nitrogens with one attached hydrogen (secondary N) is 2. The van der Waals surface area contributed by atoms with E-state index in [1.54, 1.807) is 7.05 Å². The molecule has 1 rings (SSSR count). The van der Waals surface area contributed by atoms with E-state index in [2.05, 4.69) is 15.6 Å². The van der Waals surface area contributed by atoms with E-state index in [-0.39, 0.29) is 26.8 Å². The monoisotopic (exact) mass is 269 g/mol. The van der Waals surface area contributed by atoms with Crippen LogP contribution < -0.4 is 22.1 Å². The van der Waals surface area contributed by atoms with Crippen LogP contribution in [0.5, 0.6) is 0 Å². The Morgan fingerprint density at radius 3 is 2.05 bits per heavy atom. The molecule has 0 bridgehead atoms. The molecule has 0 spiro atoms. The first-order valence-electron chi connectivity index (χ1n) is 5.07. The maximum atomic E-state index is 10.8. The van der Waals surface area contributed by atoms with Crippen LogP contribution in [-0.2, 0) is 6.54 Å². The molecule has 0 aliphatic heterocycles. The van der Waals surface area contributed by atoms with Gasteiger partial charge in [0.15, 0.2) is 5.96 Å². The van der Waals surface area contributed by atoms with Gasteiger partial charge in [0.25, 0.3) is 0 Å². The van der Waals surface area contributed by atoms with Crippen LogP contribution in [0.4, 0.5) is 4.79 Å². The number of rotatable bonds is 2. The molecule has 2 amide bonds. The van der Waals surface area contributed by atoms with Gasteiger partial charge in [0.05, 0.1) is 0 Å². The summed E-state index contributed by atoms with van der Waals surface area (Å²) in [5.41, 5.74) is 10.7. The van der Waals surface area contributed by atoms with Crippen molar-refractivity contribution in [2.75, 3.05) is 14.1 Å². The number of benzene rings is 1. The molecule has 1 aromatic carbocycles. The van der Waals surface area contributed by atoms with Gasteiger partial charge in [-0.15, -0.1) is 0 Å². The van der Waals surface area contributed by atoms with Crippen LogP contribution in [-0.4, -0.2) is 26.1 Å². The molecule has 1 aromatic rings. The van der Waals surface area contributed by atoms with E-state index in [0.717, 1.165) is 5.56 Å². The molecule has 6 nitrogen and oxygen atoms in total. The number of amides is 2. The Kier molecular flexibility index (Phi) is 16.0. The SMILES string of the molecule is C.C.CN=C(N)N.CNC(=O)NCc1ccccc1. The fourth-order valence-corrected chi connectivity index (χ4v) is 0.867. The van der Waals surface area contributed by atoms with Crippen molar-refractivity contribution in [3.05, 3.63) is 35.9 Å². The standard InChI is InChI=1S/C9H12N2O.C2H7N3.2CH4/c1-10-9(12)11-7-8-5-3-2-4-6-8;1-5-2(3)4;;/h2-6H,7H2,1H3,(H2,10,11,12);1H3,(H4,3,4,5);2*1H4. The van der Waals surface area contributed by atoms with Gasteiger partial charge < -0.3 is 22.1 Å². The van der Waals surface area contributed by atoms with Crippen molar-refractivity contribution < 1.29 is 4.79 Å². The minimum absolute atomic E-state index is 0. The molecular formula is C13H27N5O. The molecule has 110 valence electrons. The molecule has 6 N–H and O–H groups in total. The van der Waals surface area contributed by atoms with E-state index in [1.165, 1.54) is 7.05 Å². The number of hydrogen-bond donors (Lipinski definition) is 4. The summed E-state index contributed by atoms with van der Waals surface area (Å²) in [7, 11) is 3.13. The van der Waals surface area contributed by atoms with Gasteiger partial charge in [-0.05, 0) is 5.56 Å². The lowest BCUT2D eigenvalue weighted by Gasteiger charge is -2.03. The van der Waals surface area contributed by atoms with Gasteiger partial charge in [-0.1, -0.05) is 45.2 Å². The first-order chi connectivity index (χ1) is 8.10. The third kappa shape index (κ3) is 13.7. The zero-order valence-electron chi connectivity index (χ0n) is 10.1. The van der Waals surface area contributed by atoms with Gasteiger partial charge in [0.1, 0.15) is 0 Å². The van der Waals surface area contributed by atoms with Gasteiger partial charge in [-0.3, -0.25) is 4.99 Å². The Morgan fingerprint density at radius 1 is 1.21 bits per heavy atom. The second-order valence-electron chi connectivity index (χ2n) is 3.07. The molecule has 0 aliphatic carbocycles. The van der Waals surface area contributed by atoms with Gasteiger partial charge in [0.2, 0.25) is 0 Å². The first-order valence-corrected chi connectivity index (χ1v) is 5.07. The van der Waals surface area contributed by atoms with E-state index in [4.69, 9.17) is 11.5 Å². The van der Waals surface area contributed by atoms with Gasteiger partial charge in [-0.25, -0.2) is 4.79 Å². The minimum Gasteiger partial charge on any atom is -0.370 e. The van der Waals surface area contributed by atoms with Crippen molar-refractivity contribution in [2.24, 2.45) is 16.5 Å². The lowest BCUT2D eigenvalue weighted by atomic mass is 10.2. The van der Waals surface area contributed by atoms with E-state index >= 15 is 0 Å². The van der Waals surface area contributed by atoms with E-state index < -0.39 is 0 Å². The average molecular weight is 269 g/mol. The lowest BCUT2D eigenvalue weighted by molar-refractivity contribution is 0.242. The van der Waals surface area contributed by atoms with Crippen LogP contribution in [0.15, 0.2) is 35.3 Å². The van der Waals surface area contributed by atoms with Crippen molar-refractivity contribution in [3.8, 4) is 0 Å². The van der Waals surface area contributed by atoms with Crippen LogP contribution in [0.3, 0.4) is 0 Å². The maximum absolute atomic E-state index is 10.8. The molecule has 0 aliphatic rings. The highest BCUT2D eigenvalue weighted by molar-refractivity contribution is 5.75. The highest BCUT2D eigenvalue weighted by Gasteiger charge is 1.94. The Labute approximate surface area is 116 Å². The van der Waals surface area contributed by atoms with Crippen molar-refractivity contribution in [3.63, 3.8) is 0 Å². The van der Waals surface area contributed by atoms with Gasteiger partial charge in [0, 0.05) is 20.6 Å². The third-order valence-corrected chi connectivity index (χ3v) is 1.78. The topological polar surface area (TPSA) is 106 Å². The van der Waals surface area contributed by atoms with Crippen molar-refractivity contribution in [2.45, 2.75) is 21.4 Å². The number of carbonyl (C=O) groups excluding carboxylic acids is 1. The smallest absolute Gasteiger partial charge is 0.314 e. The molecule has 6 heteroatoms. The molecule has 0 fully saturated rings. The number of guanidine groups is 1. The Balaban J connectivity index is -0.000000320. The summed E-state index contributed by atoms with van der Waals surface area (Å²) in [5.74, 6) is 0.130. The molecule has 0 radical (unpaired) electrons. The van der Waals surface area contributed by atoms with E-state index in [1.807, 2.05) is 30.3 Å². The molecule has 0 heterocycles. The molecule has 19 heavy (non-hydrogen) atoms. The second-order valence-corrected chi connectivity index (χ2v) is 3.07. The van der Waals surface area contributed by atoms with Gasteiger partial charge >= 0.3 is 6.03 Å². The van der Waals surface area contributed by atoms with Crippen molar-refractivity contribution in [1.82, 2.24) is 10.6 Å². The Hall–Kier alpha value is -2.24. The Morgan fingerprint density at radius 2 is 1.68 bits per heavy atom. The number of urea groups is 1. The van der Waals surface area contributed by atoms with E-state index in [9.17, 15) is 4.79 Å². The summed E-state index contributed by atoms with van der Waals surface area (Å²) in [4.78, 5) is 14.1. The molecule has 0 saturated carbocycles. The van der Waals surface area contributed by atoms with Crippen LogP contribution in [0.25, 0.3) is 0 Å². The summed E-state index contributed by atoms with van der Waals surface area (Å²) >= 11 is 0. The molecular weight excluding hydrogens is 242 g/mol. The molecule has 0 aromatic heterocycles. The predicted octanol–water partition coefficient (Wildman–Crippen LogP) is 1.28. The lowest BCUT2D eigenvalue weighted by Crippen LogP contribution is -2.32. The summed E-state index contributed by atoms with van der Waals surface area (Å²) in [6.45, 7) is 0.570. The largest absolute Gasteiger partial charge is 0.370 e. The van der Waals surface area contributed by atoms with Crippen LogP contribution in [0, 0.1) is 0 Å². The summed E-state index contributed by atoms with van der Waals surface area (Å²) in [6.07, 6.45) is 0. The van der Waals surface area contributed by atoms with Crippen LogP contribution >= 0.6 is 0 Å². The zero-order chi connectivity index (χ0) is 13.1. The number of nitrogens with zero attached hydrogens (tertiary/aromatic N) is 1. The van der Waals surface area contributed by atoms with Crippen LogP contribution in [0.1, 0.15) is 20.4 Å². The number of hydrogen-bond acceptors (Lipinski definition) is 2. The van der Waals surface area contributed by atoms with Crippen molar-refractivity contribution >= 4 is 12.0 Å². The number of aliphatic imine (C=N–C) groups is 1. The fourth-order valence-electron chi connectivity index (χ4n) is 0.867. The molecule has 0 atom stereocenters. The number of carbonyl (C=O) groups is 1. The summed E-state index contributed by atoms with van der Waals surface area (Å²) in [6, 6.07) is 9.62. The minimum atomic E-state index is -0.154. The third-order valence-electron chi connectivity index (χ3n) is 1.78. The normalized spacial score (nSPS) is 7.47.